The Kier molecular flexibility index (Phi) is 3.01. The average Bonchev–Trinajstić information content (AvgIpc) is 3.16. The van der Waals surface area contributed by atoms with Gasteiger partial charge in [-0.05, 0) is 37.5 Å². The molecule has 1 aliphatic carbocycles. The maximum absolute atomic E-state index is 12.3. The highest BCUT2D eigenvalue weighted by Crippen LogP contribution is 2.34. The Morgan fingerprint density at radius 2 is 2.04 bits per heavy atom. The van der Waals surface area contributed by atoms with Crippen molar-refractivity contribution in [2.45, 2.75) is 38.5 Å². The Balaban J connectivity index is 2.10. The van der Waals surface area contributed by atoms with Crippen LogP contribution in [0.5, 0.6) is 0 Å². The van der Waals surface area contributed by atoms with Crippen molar-refractivity contribution in [3.8, 4) is 0 Å². The predicted molar refractivity (Wildman–Crippen MR) is 86.2 cm³/mol. The highest BCUT2D eigenvalue weighted by molar-refractivity contribution is 5.94. The number of fused-ring (bicyclic) bond motifs is 3. The number of nitrogens with zero attached hydrogens (tertiary/aromatic N) is 2. The first-order valence-corrected chi connectivity index (χ1v) is 7.83. The molecule has 0 saturated heterocycles. The van der Waals surface area contributed by atoms with Crippen molar-refractivity contribution >= 4 is 22.5 Å². The van der Waals surface area contributed by atoms with Gasteiger partial charge in [0.15, 0.2) is 0 Å². The van der Waals surface area contributed by atoms with Crippen LogP contribution < -0.4 is 5.56 Å². The van der Waals surface area contributed by atoms with Crippen molar-refractivity contribution in [3.05, 3.63) is 45.6 Å². The fraction of sp³-hybridized carbons (Fsp3) is 0.353. The van der Waals surface area contributed by atoms with Gasteiger partial charge < -0.3 is 10.1 Å². The predicted octanol–water partition coefficient (Wildman–Crippen LogP) is 2.84. The number of aryl methyl sites for hydroxylation is 1. The molecular weight excluding hydrogens is 294 g/mol. The summed E-state index contributed by atoms with van der Waals surface area (Å²) in [7, 11) is 0. The van der Waals surface area contributed by atoms with Crippen LogP contribution in [0.3, 0.4) is 0 Å². The van der Waals surface area contributed by atoms with E-state index in [4.69, 9.17) is 0 Å². The number of imidazole rings is 1. The van der Waals surface area contributed by atoms with Crippen LogP contribution in [-0.2, 0) is 0 Å². The zero-order valence-corrected chi connectivity index (χ0v) is 12.8. The van der Waals surface area contributed by atoms with Crippen molar-refractivity contribution in [1.82, 2.24) is 14.4 Å². The highest BCUT2D eigenvalue weighted by atomic mass is 16.4. The summed E-state index contributed by atoms with van der Waals surface area (Å²) in [6.45, 7) is 1.77. The molecule has 2 aromatic heterocycles. The molecule has 1 fully saturated rings. The van der Waals surface area contributed by atoms with E-state index in [1.807, 2.05) is 10.5 Å². The molecule has 0 radical (unpaired) electrons. The van der Waals surface area contributed by atoms with Gasteiger partial charge >= 0.3 is 5.97 Å². The number of aromatic amines is 1. The third kappa shape index (κ3) is 2.05. The van der Waals surface area contributed by atoms with Crippen LogP contribution in [0.4, 0.5) is 0 Å². The van der Waals surface area contributed by atoms with Crippen molar-refractivity contribution in [3.63, 3.8) is 0 Å². The molecule has 1 aliphatic rings. The van der Waals surface area contributed by atoms with E-state index in [2.05, 4.69) is 9.97 Å². The maximum Gasteiger partial charge on any atom is 0.336 e. The lowest BCUT2D eigenvalue weighted by Crippen LogP contribution is -2.13. The van der Waals surface area contributed by atoms with E-state index < -0.39 is 5.97 Å². The number of carbonyl (C=O) groups is 1. The molecule has 6 heteroatoms. The van der Waals surface area contributed by atoms with E-state index in [0.29, 0.717) is 22.5 Å². The first kappa shape index (κ1) is 14.0. The normalized spacial score (nSPS) is 15.7. The number of rotatable bonds is 2. The van der Waals surface area contributed by atoms with Gasteiger partial charge in [0.25, 0.3) is 5.56 Å². The Labute approximate surface area is 131 Å². The highest BCUT2D eigenvalue weighted by Gasteiger charge is 2.23. The molecule has 0 aliphatic heterocycles. The topological polar surface area (TPSA) is 87.5 Å². The second-order valence-corrected chi connectivity index (χ2v) is 6.26. The lowest BCUT2D eigenvalue weighted by Gasteiger charge is -2.12. The second kappa shape index (κ2) is 4.94. The molecule has 0 unspecified atom stereocenters. The van der Waals surface area contributed by atoms with Gasteiger partial charge in [-0.3, -0.25) is 9.20 Å². The number of hydrogen-bond acceptors (Lipinski definition) is 3. The van der Waals surface area contributed by atoms with E-state index >= 15 is 0 Å². The summed E-state index contributed by atoms with van der Waals surface area (Å²) in [4.78, 5) is 30.9. The Morgan fingerprint density at radius 1 is 1.30 bits per heavy atom. The lowest BCUT2D eigenvalue weighted by atomic mass is 10.1. The SMILES string of the molecule is Cc1cc2c(cc1C(=O)O)[nH]c(=O)c1cnc(C3CCCC3)n12. The Bertz CT molecular complexity index is 994. The molecule has 0 amide bonds. The van der Waals surface area contributed by atoms with E-state index in [0.717, 1.165) is 24.2 Å². The van der Waals surface area contributed by atoms with Gasteiger partial charge in [-0.15, -0.1) is 0 Å². The molecule has 118 valence electrons. The Hall–Kier alpha value is -2.63. The number of nitrogens with one attached hydrogen (secondary N) is 1. The first-order valence-electron chi connectivity index (χ1n) is 7.83. The van der Waals surface area contributed by atoms with Crippen molar-refractivity contribution in [2.75, 3.05) is 0 Å². The number of aromatic nitrogens is 3. The number of carboxylic acids is 1. The summed E-state index contributed by atoms with van der Waals surface area (Å²) >= 11 is 0. The standard InChI is InChI=1S/C17H17N3O3/c1-9-6-13-12(7-11(9)17(22)23)19-16(21)14-8-18-15(20(13)14)10-4-2-3-5-10/h6-8,10H,2-5H2,1H3,(H,19,21)(H,22,23). The molecule has 23 heavy (non-hydrogen) atoms. The quantitative estimate of drug-likeness (QED) is 0.762. The summed E-state index contributed by atoms with van der Waals surface area (Å²) in [5.74, 6) is 0.282. The number of aromatic carboxylic acids is 1. The minimum absolute atomic E-state index is 0.204. The van der Waals surface area contributed by atoms with Crippen molar-refractivity contribution in [2.24, 2.45) is 0 Å². The van der Waals surface area contributed by atoms with Gasteiger partial charge in [-0.1, -0.05) is 12.8 Å². The monoisotopic (exact) mass is 311 g/mol. The van der Waals surface area contributed by atoms with Crippen molar-refractivity contribution < 1.29 is 9.90 Å². The lowest BCUT2D eigenvalue weighted by molar-refractivity contribution is 0.0696. The molecule has 3 aromatic rings. The van der Waals surface area contributed by atoms with E-state index in [1.54, 1.807) is 13.1 Å². The van der Waals surface area contributed by atoms with E-state index in [-0.39, 0.29) is 11.1 Å². The third-order valence-electron chi connectivity index (χ3n) is 4.80. The minimum atomic E-state index is -0.994. The first-order chi connectivity index (χ1) is 11.1. The number of hydrogen-bond donors (Lipinski definition) is 2. The zero-order valence-electron chi connectivity index (χ0n) is 12.8. The van der Waals surface area contributed by atoms with Gasteiger partial charge in [0.2, 0.25) is 0 Å². The van der Waals surface area contributed by atoms with Gasteiger partial charge in [0.1, 0.15) is 11.3 Å². The van der Waals surface area contributed by atoms with Gasteiger partial charge in [-0.25, -0.2) is 9.78 Å². The molecule has 6 nitrogen and oxygen atoms in total. The van der Waals surface area contributed by atoms with Crippen LogP contribution >= 0.6 is 0 Å². The smallest absolute Gasteiger partial charge is 0.336 e. The second-order valence-electron chi connectivity index (χ2n) is 6.26. The zero-order chi connectivity index (χ0) is 16.1. The van der Waals surface area contributed by atoms with Crippen molar-refractivity contribution in [1.29, 1.82) is 0 Å². The minimum Gasteiger partial charge on any atom is -0.478 e. The largest absolute Gasteiger partial charge is 0.478 e. The molecule has 4 rings (SSSR count). The fourth-order valence-corrected chi connectivity index (χ4v) is 3.65. The van der Waals surface area contributed by atoms with Crippen LogP contribution in [0.25, 0.3) is 16.6 Å². The average molecular weight is 311 g/mol. The number of H-pyrrole nitrogens is 1. The fourth-order valence-electron chi connectivity index (χ4n) is 3.65. The summed E-state index contributed by atoms with van der Waals surface area (Å²) in [6, 6.07) is 3.36. The molecule has 1 saturated carbocycles. The van der Waals surface area contributed by atoms with Gasteiger partial charge in [0, 0.05) is 5.92 Å². The molecule has 2 N–H and O–H groups in total. The Morgan fingerprint density at radius 3 is 2.74 bits per heavy atom. The molecule has 2 heterocycles. The summed E-state index contributed by atoms with van der Waals surface area (Å²) in [6.07, 6.45) is 6.15. The van der Waals surface area contributed by atoms with E-state index in [1.165, 1.54) is 18.9 Å². The summed E-state index contributed by atoms with van der Waals surface area (Å²) in [5.41, 5.74) is 2.49. The molecule has 0 atom stereocenters. The number of benzene rings is 1. The molecule has 0 spiro atoms. The van der Waals surface area contributed by atoms with Crippen LogP contribution in [0.1, 0.15) is 53.3 Å². The van der Waals surface area contributed by atoms with Crippen LogP contribution in [0.2, 0.25) is 0 Å². The maximum atomic E-state index is 12.3. The number of carboxylic acid groups (broad SMARTS) is 1. The third-order valence-corrected chi connectivity index (χ3v) is 4.80. The van der Waals surface area contributed by atoms with Crippen LogP contribution in [0, 0.1) is 6.92 Å². The molecule has 1 aromatic carbocycles. The molecule has 0 bridgehead atoms. The van der Waals surface area contributed by atoms with E-state index in [9.17, 15) is 14.7 Å². The van der Waals surface area contributed by atoms with Crippen LogP contribution in [-0.4, -0.2) is 25.4 Å². The van der Waals surface area contributed by atoms with Gasteiger partial charge in [0.05, 0.1) is 22.8 Å². The summed E-state index contributed by atoms with van der Waals surface area (Å²) < 4.78 is 1.91. The molecular formula is C17H17N3O3. The summed E-state index contributed by atoms with van der Waals surface area (Å²) in [5, 5.41) is 9.28. The van der Waals surface area contributed by atoms with Gasteiger partial charge in [-0.2, -0.15) is 0 Å². The van der Waals surface area contributed by atoms with Crippen LogP contribution in [0.15, 0.2) is 23.1 Å².